The van der Waals surface area contributed by atoms with Gasteiger partial charge < -0.3 is 14.2 Å². The van der Waals surface area contributed by atoms with Crippen LogP contribution in [0, 0.1) is 0 Å². The van der Waals surface area contributed by atoms with E-state index in [1.54, 1.807) is 52.8 Å². The van der Waals surface area contributed by atoms with Gasteiger partial charge in [0.05, 0.1) is 40.5 Å². The molecular formula is C23H33Br2NO6S. The predicted molar refractivity (Wildman–Crippen MR) is 138 cm³/mol. The van der Waals surface area contributed by atoms with Gasteiger partial charge in [0, 0.05) is 16.8 Å². The molecule has 0 heterocycles. The molecule has 0 fully saturated rings. The molecule has 0 saturated heterocycles. The lowest BCUT2D eigenvalue weighted by Crippen LogP contribution is -2.59. The lowest BCUT2D eigenvalue weighted by Gasteiger charge is -2.39. The van der Waals surface area contributed by atoms with Gasteiger partial charge >= 0.3 is 11.9 Å². The van der Waals surface area contributed by atoms with Gasteiger partial charge in [-0.1, -0.05) is 22.0 Å². The van der Waals surface area contributed by atoms with Crippen molar-refractivity contribution in [3.63, 3.8) is 0 Å². The van der Waals surface area contributed by atoms with E-state index in [1.165, 1.54) is 7.11 Å². The molecule has 7 nitrogen and oxygen atoms in total. The van der Waals surface area contributed by atoms with Crippen molar-refractivity contribution in [3.05, 3.63) is 39.3 Å². The Bertz CT molecular complexity index is 886. The van der Waals surface area contributed by atoms with Crippen LogP contribution in [0.15, 0.2) is 33.7 Å². The smallest absolute Gasteiger partial charge is 0.328 e. The fourth-order valence-corrected chi connectivity index (χ4v) is 5.54. The van der Waals surface area contributed by atoms with Crippen LogP contribution in [0.5, 0.6) is 5.75 Å². The molecule has 0 aliphatic carbocycles. The number of carbonyl (C=O) groups is 2. The molecule has 10 heteroatoms. The van der Waals surface area contributed by atoms with Crippen LogP contribution in [0.4, 0.5) is 0 Å². The zero-order chi connectivity index (χ0) is 25.4. The Kier molecular flexibility index (Phi) is 11.8. The Labute approximate surface area is 215 Å². The van der Waals surface area contributed by atoms with E-state index < -0.39 is 39.1 Å². The van der Waals surface area contributed by atoms with Crippen LogP contribution in [0.3, 0.4) is 0 Å². The number of hydrogen-bond donors (Lipinski definition) is 1. The van der Waals surface area contributed by atoms with E-state index in [0.717, 1.165) is 0 Å². The minimum Gasteiger partial charge on any atom is -0.496 e. The van der Waals surface area contributed by atoms with Crippen LogP contribution in [0.2, 0.25) is 0 Å². The van der Waals surface area contributed by atoms with E-state index in [0.29, 0.717) is 20.3 Å². The second-order valence-corrected chi connectivity index (χ2v) is 11.9. The van der Waals surface area contributed by atoms with Gasteiger partial charge in [-0.25, -0.2) is 13.7 Å². The average Bonchev–Trinajstić information content (AvgIpc) is 2.73. The molecule has 1 aromatic carbocycles. The van der Waals surface area contributed by atoms with Gasteiger partial charge in [-0.15, -0.1) is 6.58 Å². The molecule has 0 amide bonds. The van der Waals surface area contributed by atoms with Crippen molar-refractivity contribution in [2.75, 3.05) is 20.3 Å². The molecule has 0 aromatic heterocycles. The summed E-state index contributed by atoms with van der Waals surface area (Å²) >= 11 is 7.01. The Morgan fingerprint density at radius 1 is 1.15 bits per heavy atom. The van der Waals surface area contributed by atoms with Gasteiger partial charge in [-0.2, -0.15) is 0 Å². The first-order chi connectivity index (χ1) is 15.4. The number of esters is 2. The van der Waals surface area contributed by atoms with Gasteiger partial charge in [0.15, 0.2) is 0 Å². The molecule has 0 spiro atoms. The van der Waals surface area contributed by atoms with Gasteiger partial charge in [0.2, 0.25) is 0 Å². The summed E-state index contributed by atoms with van der Waals surface area (Å²) in [5.41, 5.74) is -0.912. The Balaban J connectivity index is 3.78. The summed E-state index contributed by atoms with van der Waals surface area (Å²) in [6.07, 6.45) is 1.48. The maximum atomic E-state index is 13.5. The highest BCUT2D eigenvalue weighted by Gasteiger charge is 2.49. The van der Waals surface area contributed by atoms with Crippen LogP contribution < -0.4 is 9.46 Å². The molecule has 1 N–H and O–H groups in total. The van der Waals surface area contributed by atoms with Crippen molar-refractivity contribution < 1.29 is 28.0 Å². The van der Waals surface area contributed by atoms with E-state index in [-0.39, 0.29) is 26.1 Å². The Morgan fingerprint density at radius 2 is 1.76 bits per heavy atom. The third kappa shape index (κ3) is 7.63. The summed E-state index contributed by atoms with van der Waals surface area (Å²) in [4.78, 5) is 25.8. The highest BCUT2D eigenvalue weighted by molar-refractivity contribution is 9.11. The minimum atomic E-state index is -1.67. The minimum absolute atomic E-state index is 0.0198. The monoisotopic (exact) mass is 609 g/mol. The summed E-state index contributed by atoms with van der Waals surface area (Å²) < 4.78 is 33.0. The summed E-state index contributed by atoms with van der Waals surface area (Å²) in [6.45, 7) is 13.1. The van der Waals surface area contributed by atoms with Crippen LogP contribution in [0.25, 0.3) is 0 Å². The predicted octanol–water partition coefficient (Wildman–Crippen LogP) is 5.19. The summed E-state index contributed by atoms with van der Waals surface area (Å²) in [6, 6.07) is 3.56. The summed E-state index contributed by atoms with van der Waals surface area (Å²) in [7, 11) is -0.135. The number of ether oxygens (including phenoxy) is 3. The number of nitrogens with one attached hydrogen (secondary N) is 1. The fraction of sp³-hybridized carbons (Fsp3) is 0.565. The molecule has 1 rings (SSSR count). The lowest BCUT2D eigenvalue weighted by atomic mass is 9.76. The first-order valence-electron chi connectivity index (χ1n) is 10.6. The number of hydrogen-bond acceptors (Lipinski definition) is 6. The molecule has 33 heavy (non-hydrogen) atoms. The third-order valence-corrected chi connectivity index (χ3v) is 7.84. The van der Waals surface area contributed by atoms with E-state index in [4.69, 9.17) is 14.2 Å². The van der Waals surface area contributed by atoms with Crippen molar-refractivity contribution in [3.8, 4) is 5.75 Å². The van der Waals surface area contributed by atoms with E-state index in [1.807, 2.05) is 0 Å². The highest BCUT2D eigenvalue weighted by Crippen LogP contribution is 2.42. The summed E-state index contributed by atoms with van der Waals surface area (Å²) in [5.74, 6) is -1.29. The molecule has 186 valence electrons. The second-order valence-electron chi connectivity index (χ2n) is 8.20. The van der Waals surface area contributed by atoms with Crippen molar-refractivity contribution >= 4 is 54.8 Å². The van der Waals surface area contributed by atoms with Gasteiger partial charge in [0.1, 0.15) is 11.3 Å². The van der Waals surface area contributed by atoms with Crippen molar-refractivity contribution in [2.45, 2.75) is 63.7 Å². The van der Waals surface area contributed by atoms with Gasteiger partial charge in [0.25, 0.3) is 0 Å². The molecule has 0 unspecified atom stereocenters. The van der Waals surface area contributed by atoms with E-state index in [2.05, 4.69) is 43.2 Å². The molecule has 1 aromatic rings. The SMILES string of the molecule is C=C[C@H](c1cc(OC)c(Br)cc1Br)[C@](CCC(=O)OCC)(N[S@@](=O)C(C)(C)C)C(=O)OCC. The van der Waals surface area contributed by atoms with E-state index in [9.17, 15) is 13.8 Å². The van der Waals surface area contributed by atoms with Crippen molar-refractivity contribution in [1.82, 2.24) is 4.72 Å². The van der Waals surface area contributed by atoms with Gasteiger partial charge in [-0.05, 0) is 74.7 Å². The molecule has 0 radical (unpaired) electrons. The van der Waals surface area contributed by atoms with Crippen LogP contribution in [-0.2, 0) is 30.0 Å². The number of benzene rings is 1. The number of carbonyl (C=O) groups excluding carboxylic acids is 2. The van der Waals surface area contributed by atoms with Crippen LogP contribution in [-0.4, -0.2) is 46.8 Å². The maximum absolute atomic E-state index is 13.5. The van der Waals surface area contributed by atoms with Crippen molar-refractivity contribution in [1.29, 1.82) is 0 Å². The topological polar surface area (TPSA) is 90.9 Å². The van der Waals surface area contributed by atoms with Crippen molar-refractivity contribution in [2.24, 2.45) is 0 Å². The summed E-state index contributed by atoms with van der Waals surface area (Å²) in [5, 5.41) is 0. The first kappa shape index (κ1) is 29.8. The van der Waals surface area contributed by atoms with Crippen LogP contribution >= 0.6 is 31.9 Å². The normalized spacial score (nSPS) is 15.2. The zero-order valence-electron chi connectivity index (χ0n) is 20.0. The second kappa shape index (κ2) is 13.0. The molecule has 0 aliphatic rings. The number of methoxy groups -OCH3 is 1. The van der Waals surface area contributed by atoms with Crippen LogP contribution in [0.1, 0.15) is 58.9 Å². The first-order valence-corrected chi connectivity index (χ1v) is 13.3. The standard InChI is InChI=1S/C23H33Br2NO6S/c1-8-16(15-13-19(30-7)18(25)14-17(15)24)23(21(28)32-10-3,12-11-20(27)31-9-2)26-33(29)22(4,5)6/h8,13-14,16,26H,1,9-12H2,2-7H3/t16-,23+,33+/m1/s1. The average molecular weight is 611 g/mol. The molecular weight excluding hydrogens is 578 g/mol. The molecule has 0 bridgehead atoms. The third-order valence-electron chi connectivity index (χ3n) is 4.87. The Hall–Kier alpha value is -1.23. The number of rotatable bonds is 12. The quantitative estimate of drug-likeness (QED) is 0.259. The lowest BCUT2D eigenvalue weighted by molar-refractivity contribution is -0.152. The van der Waals surface area contributed by atoms with E-state index >= 15 is 0 Å². The molecule has 0 saturated carbocycles. The molecule has 3 atom stereocenters. The Morgan fingerprint density at radius 3 is 2.24 bits per heavy atom. The zero-order valence-corrected chi connectivity index (χ0v) is 23.9. The molecule has 0 aliphatic heterocycles. The fourth-order valence-electron chi connectivity index (χ4n) is 3.18. The largest absolute Gasteiger partial charge is 0.496 e. The number of halogens is 2. The highest BCUT2D eigenvalue weighted by atomic mass is 79.9. The van der Waals surface area contributed by atoms with Gasteiger partial charge in [-0.3, -0.25) is 4.79 Å². The maximum Gasteiger partial charge on any atom is 0.328 e.